The molecular weight excluding hydrogens is 88.1 g/mol. The van der Waals surface area contributed by atoms with Crippen molar-refractivity contribution in [2.24, 2.45) is 4.99 Å². The van der Waals surface area contributed by atoms with E-state index < -0.39 is 0 Å². The maximum absolute atomic E-state index is 4.22. The second kappa shape index (κ2) is 1.07. The van der Waals surface area contributed by atoms with E-state index >= 15 is 0 Å². The molecule has 0 radical (unpaired) electrons. The molecule has 0 bridgehead atoms. The van der Waals surface area contributed by atoms with Crippen molar-refractivity contribution in [3.63, 3.8) is 0 Å². The molecule has 0 amide bonds. The third-order valence-corrected chi connectivity index (χ3v) is 1.71. The van der Waals surface area contributed by atoms with Gasteiger partial charge in [0.2, 0.25) is 0 Å². The molecule has 0 aromatic carbocycles. The van der Waals surface area contributed by atoms with E-state index in [0.717, 1.165) is 19.0 Å². The molecule has 2 unspecified atom stereocenters. The summed E-state index contributed by atoms with van der Waals surface area (Å²) in [6, 6.07) is 1.37. The summed E-state index contributed by atoms with van der Waals surface area (Å²) in [7, 11) is 0. The highest BCUT2D eigenvalue weighted by atomic mass is 15.1. The summed E-state index contributed by atoms with van der Waals surface area (Å²) in [5.41, 5.74) is 0. The zero-order valence-corrected chi connectivity index (χ0v) is 4.09. The topological polar surface area (TPSA) is 24.4 Å². The molecular formula is C5H8N2. The molecule has 2 aliphatic rings. The minimum atomic E-state index is 0.653. The lowest BCUT2D eigenvalue weighted by molar-refractivity contribution is 0.343. The molecule has 38 valence electrons. The van der Waals surface area contributed by atoms with Crippen molar-refractivity contribution in [3.05, 3.63) is 0 Å². The Bertz CT molecular complexity index is 109. The minimum Gasteiger partial charge on any atom is -0.309 e. The third kappa shape index (κ3) is 0.347. The van der Waals surface area contributed by atoms with Crippen molar-refractivity contribution in [1.29, 1.82) is 0 Å². The molecule has 2 atom stereocenters. The molecule has 2 heteroatoms. The lowest BCUT2D eigenvalue weighted by atomic mass is 10.0. The quantitative estimate of drug-likeness (QED) is 0.444. The van der Waals surface area contributed by atoms with Gasteiger partial charge in [-0.2, -0.15) is 0 Å². The Morgan fingerprint density at radius 3 is 3.00 bits per heavy atom. The van der Waals surface area contributed by atoms with Crippen LogP contribution in [0.25, 0.3) is 0 Å². The number of rotatable bonds is 0. The van der Waals surface area contributed by atoms with Crippen molar-refractivity contribution < 1.29 is 0 Å². The van der Waals surface area contributed by atoms with Gasteiger partial charge >= 0.3 is 0 Å². The minimum absolute atomic E-state index is 0.653. The van der Waals surface area contributed by atoms with Crippen LogP contribution >= 0.6 is 0 Å². The van der Waals surface area contributed by atoms with Gasteiger partial charge in [-0.3, -0.25) is 4.99 Å². The van der Waals surface area contributed by atoms with Gasteiger partial charge in [0.25, 0.3) is 0 Å². The summed E-state index contributed by atoms with van der Waals surface area (Å²) < 4.78 is 0. The second-order valence-electron chi connectivity index (χ2n) is 2.15. The molecule has 2 nitrogen and oxygen atoms in total. The van der Waals surface area contributed by atoms with Gasteiger partial charge in [0.1, 0.15) is 0 Å². The van der Waals surface area contributed by atoms with E-state index in [4.69, 9.17) is 0 Å². The van der Waals surface area contributed by atoms with Gasteiger partial charge < -0.3 is 5.32 Å². The van der Waals surface area contributed by atoms with Gasteiger partial charge in [-0.25, -0.2) is 0 Å². The van der Waals surface area contributed by atoms with Crippen molar-refractivity contribution >= 4 is 6.21 Å². The predicted molar refractivity (Wildman–Crippen MR) is 28.7 cm³/mol. The molecule has 0 aliphatic carbocycles. The van der Waals surface area contributed by atoms with Crippen LogP contribution in [0.15, 0.2) is 4.99 Å². The molecule has 2 aliphatic heterocycles. The van der Waals surface area contributed by atoms with Gasteiger partial charge in [0.15, 0.2) is 0 Å². The van der Waals surface area contributed by atoms with Crippen molar-refractivity contribution in [2.45, 2.75) is 18.5 Å². The van der Waals surface area contributed by atoms with Crippen LogP contribution in [0.1, 0.15) is 6.42 Å². The van der Waals surface area contributed by atoms with Crippen LogP contribution in [0.4, 0.5) is 0 Å². The van der Waals surface area contributed by atoms with Gasteiger partial charge in [-0.15, -0.1) is 0 Å². The van der Waals surface area contributed by atoms with Crippen molar-refractivity contribution in [2.75, 3.05) is 6.54 Å². The summed E-state index contributed by atoms with van der Waals surface area (Å²) in [5, 5.41) is 3.28. The molecule has 0 spiro atoms. The highest BCUT2D eigenvalue weighted by Crippen LogP contribution is 2.15. The highest BCUT2D eigenvalue weighted by Gasteiger charge is 2.31. The van der Waals surface area contributed by atoms with E-state index in [-0.39, 0.29) is 0 Å². The van der Waals surface area contributed by atoms with Crippen LogP contribution in [0.5, 0.6) is 0 Å². The normalized spacial score (nSPS) is 45.7. The fourth-order valence-corrected chi connectivity index (χ4v) is 1.10. The first-order chi connectivity index (χ1) is 3.47. The highest BCUT2D eigenvalue weighted by molar-refractivity contribution is 5.62. The number of aliphatic imine (C=N–C) groups is 1. The van der Waals surface area contributed by atoms with E-state index in [0.29, 0.717) is 6.04 Å². The van der Waals surface area contributed by atoms with Crippen LogP contribution in [0.2, 0.25) is 0 Å². The molecule has 2 heterocycles. The van der Waals surface area contributed by atoms with E-state index in [9.17, 15) is 0 Å². The summed E-state index contributed by atoms with van der Waals surface area (Å²) in [4.78, 5) is 4.22. The van der Waals surface area contributed by atoms with Gasteiger partial charge in [-0.05, 0) is 6.42 Å². The maximum atomic E-state index is 4.22. The Labute approximate surface area is 42.6 Å². The van der Waals surface area contributed by atoms with Crippen LogP contribution in [0, 0.1) is 0 Å². The van der Waals surface area contributed by atoms with Crippen molar-refractivity contribution in [1.82, 2.24) is 5.32 Å². The van der Waals surface area contributed by atoms with Crippen LogP contribution < -0.4 is 5.32 Å². The molecule has 0 saturated carbocycles. The van der Waals surface area contributed by atoms with Gasteiger partial charge in [-0.1, -0.05) is 0 Å². The lowest BCUT2D eigenvalue weighted by Gasteiger charge is -2.29. The number of hydrogen-bond acceptors (Lipinski definition) is 2. The van der Waals surface area contributed by atoms with E-state index in [1.165, 1.54) is 0 Å². The first-order valence-corrected chi connectivity index (χ1v) is 2.72. The van der Waals surface area contributed by atoms with E-state index in [1.807, 2.05) is 6.21 Å². The van der Waals surface area contributed by atoms with Crippen LogP contribution in [-0.4, -0.2) is 24.8 Å². The zero-order valence-electron chi connectivity index (χ0n) is 4.09. The van der Waals surface area contributed by atoms with Gasteiger partial charge in [0.05, 0.1) is 6.04 Å². The predicted octanol–water partition coefficient (Wildman–Crippen LogP) is -0.199. The maximum Gasteiger partial charge on any atom is 0.0776 e. The first-order valence-electron chi connectivity index (χ1n) is 2.72. The monoisotopic (exact) mass is 96.1 g/mol. The number of nitrogens with zero attached hydrogens (tertiary/aromatic N) is 1. The first kappa shape index (κ1) is 3.61. The zero-order chi connectivity index (χ0) is 4.69. The Balaban J connectivity index is 2.14. The fraction of sp³-hybridized carbons (Fsp3) is 0.800. The Morgan fingerprint density at radius 2 is 2.71 bits per heavy atom. The summed E-state index contributed by atoms with van der Waals surface area (Å²) in [5.74, 6) is 0. The van der Waals surface area contributed by atoms with Crippen LogP contribution in [0.3, 0.4) is 0 Å². The SMILES string of the molecule is C1=NC2CNC2C1. The number of nitrogens with one attached hydrogen (secondary N) is 1. The van der Waals surface area contributed by atoms with Gasteiger partial charge in [0, 0.05) is 18.8 Å². The molecule has 0 aromatic heterocycles. The second-order valence-corrected chi connectivity index (χ2v) is 2.15. The molecule has 1 saturated heterocycles. The molecule has 0 aromatic rings. The number of fused-ring (bicyclic) bond motifs is 1. The summed E-state index contributed by atoms with van der Waals surface area (Å²) in [6.45, 7) is 1.11. The average Bonchev–Trinajstić information content (AvgIpc) is 1.85. The Kier molecular flexibility index (Phi) is 0.551. The molecule has 1 fully saturated rings. The fourth-order valence-electron chi connectivity index (χ4n) is 1.10. The third-order valence-electron chi connectivity index (χ3n) is 1.71. The lowest BCUT2D eigenvalue weighted by Crippen LogP contribution is -2.53. The standard InChI is InChI=1S/C5H8N2/c1-2-6-5-3-7-4(1)5/h2,4-5,7H,1,3H2. The number of hydrogen-bond donors (Lipinski definition) is 1. The summed E-state index contributed by atoms with van der Waals surface area (Å²) in [6.07, 6.45) is 3.18. The van der Waals surface area contributed by atoms with E-state index in [2.05, 4.69) is 10.3 Å². The largest absolute Gasteiger partial charge is 0.309 e. The molecule has 7 heavy (non-hydrogen) atoms. The summed E-state index contributed by atoms with van der Waals surface area (Å²) >= 11 is 0. The Hall–Kier alpha value is -0.370. The Morgan fingerprint density at radius 1 is 1.71 bits per heavy atom. The van der Waals surface area contributed by atoms with Crippen molar-refractivity contribution in [3.8, 4) is 0 Å². The van der Waals surface area contributed by atoms with E-state index in [1.54, 1.807) is 0 Å². The van der Waals surface area contributed by atoms with Crippen LogP contribution in [-0.2, 0) is 0 Å². The average molecular weight is 96.1 g/mol. The molecule has 1 N–H and O–H groups in total. The molecule has 2 rings (SSSR count). The smallest absolute Gasteiger partial charge is 0.0776 e.